The molecule has 1 aliphatic heterocycles. The molecule has 0 atom stereocenters. The summed E-state index contributed by atoms with van der Waals surface area (Å²) in [6.45, 7) is 3.67. The molecule has 0 bridgehead atoms. The molecule has 6 nitrogen and oxygen atoms in total. The van der Waals surface area contributed by atoms with Crippen molar-refractivity contribution in [3.63, 3.8) is 0 Å². The number of hydrogen-bond acceptors (Lipinski definition) is 3. The maximum Gasteiger partial charge on any atom is 0.227 e. The fraction of sp³-hybridized carbons (Fsp3) is 0.400. The SMILES string of the molecule is CN=C(NCCc1ccco1)N1CCN(C(=O)Cc2cccc(Cl)c2)CC1.I. The summed E-state index contributed by atoms with van der Waals surface area (Å²) in [5.41, 5.74) is 0.949. The lowest BCUT2D eigenvalue weighted by Gasteiger charge is -2.36. The van der Waals surface area contributed by atoms with E-state index < -0.39 is 0 Å². The van der Waals surface area contributed by atoms with Gasteiger partial charge in [-0.25, -0.2) is 0 Å². The Kier molecular flexibility index (Phi) is 9.11. The molecule has 0 radical (unpaired) electrons. The van der Waals surface area contributed by atoms with Gasteiger partial charge in [-0.2, -0.15) is 0 Å². The lowest BCUT2D eigenvalue weighted by Crippen LogP contribution is -2.54. The van der Waals surface area contributed by atoms with Gasteiger partial charge in [0.1, 0.15) is 5.76 Å². The second-order valence-corrected chi connectivity index (χ2v) is 6.91. The number of nitrogens with one attached hydrogen (secondary N) is 1. The number of carbonyl (C=O) groups is 1. The summed E-state index contributed by atoms with van der Waals surface area (Å²) in [5.74, 6) is 1.95. The third kappa shape index (κ3) is 6.41. The van der Waals surface area contributed by atoms with E-state index in [0.717, 1.165) is 43.3 Å². The van der Waals surface area contributed by atoms with E-state index in [2.05, 4.69) is 15.2 Å². The highest BCUT2D eigenvalue weighted by Gasteiger charge is 2.23. The Morgan fingerprint density at radius 1 is 1.18 bits per heavy atom. The molecule has 1 aliphatic rings. The van der Waals surface area contributed by atoms with Crippen LogP contribution in [0.1, 0.15) is 11.3 Å². The minimum absolute atomic E-state index is 0. The fourth-order valence-electron chi connectivity index (χ4n) is 3.19. The molecule has 0 spiro atoms. The average molecular weight is 517 g/mol. The third-order valence-electron chi connectivity index (χ3n) is 4.62. The van der Waals surface area contributed by atoms with Gasteiger partial charge in [-0.15, -0.1) is 24.0 Å². The van der Waals surface area contributed by atoms with E-state index in [1.807, 2.05) is 41.3 Å². The van der Waals surface area contributed by atoms with E-state index in [0.29, 0.717) is 24.5 Å². The number of piperazine rings is 1. The Bertz CT molecular complexity index is 774. The summed E-state index contributed by atoms with van der Waals surface area (Å²) in [6.07, 6.45) is 2.88. The number of furan rings is 1. The highest BCUT2D eigenvalue weighted by atomic mass is 127. The molecule has 0 aliphatic carbocycles. The van der Waals surface area contributed by atoms with Gasteiger partial charge in [0.15, 0.2) is 5.96 Å². The van der Waals surface area contributed by atoms with Crippen molar-refractivity contribution < 1.29 is 9.21 Å². The van der Waals surface area contributed by atoms with Gasteiger partial charge in [0, 0.05) is 51.2 Å². The maximum atomic E-state index is 12.5. The van der Waals surface area contributed by atoms with E-state index in [4.69, 9.17) is 16.0 Å². The van der Waals surface area contributed by atoms with Crippen LogP contribution in [0.5, 0.6) is 0 Å². The first kappa shape index (κ1) is 22.5. The number of benzene rings is 1. The van der Waals surface area contributed by atoms with Gasteiger partial charge in [-0.1, -0.05) is 23.7 Å². The number of guanidine groups is 1. The van der Waals surface area contributed by atoms with Crippen LogP contribution in [0.3, 0.4) is 0 Å². The largest absolute Gasteiger partial charge is 0.469 e. The van der Waals surface area contributed by atoms with Crippen molar-refractivity contribution in [1.82, 2.24) is 15.1 Å². The van der Waals surface area contributed by atoms with E-state index in [9.17, 15) is 4.79 Å². The molecule has 0 saturated carbocycles. The lowest BCUT2D eigenvalue weighted by atomic mass is 10.1. The molecule has 3 rings (SSSR count). The topological polar surface area (TPSA) is 61.1 Å². The normalized spacial score (nSPS) is 14.6. The van der Waals surface area contributed by atoms with Gasteiger partial charge in [0.2, 0.25) is 5.91 Å². The van der Waals surface area contributed by atoms with Gasteiger partial charge < -0.3 is 19.5 Å². The highest BCUT2D eigenvalue weighted by Crippen LogP contribution is 2.13. The number of amides is 1. The van der Waals surface area contributed by atoms with Crippen molar-refractivity contribution in [2.24, 2.45) is 4.99 Å². The summed E-state index contributed by atoms with van der Waals surface area (Å²) < 4.78 is 5.35. The summed E-state index contributed by atoms with van der Waals surface area (Å²) >= 11 is 6.00. The number of nitrogens with zero attached hydrogens (tertiary/aromatic N) is 3. The zero-order valence-corrected chi connectivity index (χ0v) is 19.0. The number of carbonyl (C=O) groups excluding carboxylic acids is 1. The molecular formula is C20H26ClIN4O2. The van der Waals surface area contributed by atoms with Gasteiger partial charge in [0.05, 0.1) is 12.7 Å². The van der Waals surface area contributed by atoms with Crippen molar-refractivity contribution in [3.8, 4) is 0 Å². The zero-order chi connectivity index (χ0) is 19.1. The third-order valence-corrected chi connectivity index (χ3v) is 4.86. The molecule has 1 N–H and O–H groups in total. The van der Waals surface area contributed by atoms with Crippen molar-refractivity contribution >= 4 is 47.4 Å². The second-order valence-electron chi connectivity index (χ2n) is 6.48. The predicted molar refractivity (Wildman–Crippen MR) is 122 cm³/mol. The molecule has 1 aromatic heterocycles. The number of hydrogen-bond donors (Lipinski definition) is 1. The maximum absolute atomic E-state index is 12.5. The average Bonchev–Trinajstić information content (AvgIpc) is 3.19. The van der Waals surface area contributed by atoms with E-state index in [1.54, 1.807) is 13.3 Å². The van der Waals surface area contributed by atoms with Crippen molar-refractivity contribution in [1.29, 1.82) is 0 Å². The Labute approximate surface area is 187 Å². The quantitative estimate of drug-likeness (QED) is 0.377. The molecular weight excluding hydrogens is 491 g/mol. The number of halogens is 2. The number of rotatable bonds is 5. The molecule has 2 heterocycles. The standard InChI is InChI=1S/C20H25ClN4O2.HI/c1-22-20(23-8-7-18-6-3-13-27-18)25-11-9-24(10-12-25)19(26)15-16-4-2-5-17(21)14-16;/h2-6,13-14H,7-12,15H2,1H3,(H,22,23);1H. The van der Waals surface area contributed by atoms with Crippen LogP contribution in [0.4, 0.5) is 0 Å². The molecule has 1 fully saturated rings. The fourth-order valence-corrected chi connectivity index (χ4v) is 3.40. The number of aliphatic imine (C=N–C) groups is 1. The predicted octanol–water partition coefficient (Wildman–Crippen LogP) is 3.06. The van der Waals surface area contributed by atoms with Crippen LogP contribution < -0.4 is 5.32 Å². The van der Waals surface area contributed by atoms with Gasteiger partial charge in [-0.3, -0.25) is 9.79 Å². The van der Waals surface area contributed by atoms with Crippen molar-refractivity contribution in [2.75, 3.05) is 39.8 Å². The van der Waals surface area contributed by atoms with Crippen LogP contribution in [0.15, 0.2) is 52.1 Å². The summed E-state index contributed by atoms with van der Waals surface area (Å²) in [7, 11) is 1.78. The molecule has 2 aromatic rings. The summed E-state index contributed by atoms with van der Waals surface area (Å²) in [6, 6.07) is 11.3. The molecule has 152 valence electrons. The van der Waals surface area contributed by atoms with Gasteiger partial charge in [0.25, 0.3) is 0 Å². The first-order valence-corrected chi connectivity index (χ1v) is 9.53. The Morgan fingerprint density at radius 2 is 1.93 bits per heavy atom. The summed E-state index contributed by atoms with van der Waals surface area (Å²) in [4.78, 5) is 21.0. The van der Waals surface area contributed by atoms with Crippen LogP contribution in [-0.4, -0.2) is 61.4 Å². The van der Waals surface area contributed by atoms with Crippen molar-refractivity contribution in [2.45, 2.75) is 12.8 Å². The van der Waals surface area contributed by atoms with Crippen LogP contribution >= 0.6 is 35.6 Å². The van der Waals surface area contributed by atoms with Crippen LogP contribution in [-0.2, 0) is 17.6 Å². The first-order valence-electron chi connectivity index (χ1n) is 9.16. The molecule has 28 heavy (non-hydrogen) atoms. The smallest absolute Gasteiger partial charge is 0.227 e. The van der Waals surface area contributed by atoms with E-state index in [-0.39, 0.29) is 29.9 Å². The molecule has 8 heteroatoms. The molecule has 1 aromatic carbocycles. The molecule has 0 unspecified atom stereocenters. The zero-order valence-electron chi connectivity index (χ0n) is 15.9. The second kappa shape index (κ2) is 11.3. The van der Waals surface area contributed by atoms with Crippen LogP contribution in [0, 0.1) is 0 Å². The van der Waals surface area contributed by atoms with E-state index >= 15 is 0 Å². The monoisotopic (exact) mass is 516 g/mol. The molecule has 1 saturated heterocycles. The Balaban J connectivity index is 0.00000280. The Morgan fingerprint density at radius 3 is 2.57 bits per heavy atom. The molecule has 1 amide bonds. The van der Waals surface area contributed by atoms with Gasteiger partial charge in [-0.05, 0) is 29.8 Å². The Hall–Kier alpha value is -1.74. The lowest BCUT2D eigenvalue weighted by molar-refractivity contribution is -0.131. The first-order chi connectivity index (χ1) is 13.2. The minimum atomic E-state index is 0. The van der Waals surface area contributed by atoms with Gasteiger partial charge >= 0.3 is 0 Å². The van der Waals surface area contributed by atoms with Crippen molar-refractivity contribution in [3.05, 3.63) is 59.0 Å². The van der Waals surface area contributed by atoms with E-state index in [1.165, 1.54) is 0 Å². The van der Waals surface area contributed by atoms with Crippen LogP contribution in [0.25, 0.3) is 0 Å². The summed E-state index contributed by atoms with van der Waals surface area (Å²) in [5, 5.41) is 4.03. The highest BCUT2D eigenvalue weighted by molar-refractivity contribution is 14.0. The van der Waals surface area contributed by atoms with Crippen LogP contribution in [0.2, 0.25) is 5.02 Å². The minimum Gasteiger partial charge on any atom is -0.469 e.